The summed E-state index contributed by atoms with van der Waals surface area (Å²) in [6, 6.07) is 13.2. The van der Waals surface area contributed by atoms with Gasteiger partial charge in [0.05, 0.1) is 37.7 Å². The molecule has 1 aromatic carbocycles. The maximum atomic E-state index is 6.05. The lowest BCUT2D eigenvalue weighted by Gasteiger charge is -2.10. The van der Waals surface area contributed by atoms with Crippen molar-refractivity contribution in [2.24, 2.45) is 0 Å². The van der Waals surface area contributed by atoms with E-state index in [0.717, 1.165) is 22.9 Å². The minimum Gasteiger partial charge on any atom is -0.493 e. The zero-order chi connectivity index (χ0) is 21.9. The number of furan rings is 3. The van der Waals surface area contributed by atoms with Crippen LogP contribution in [-0.4, -0.2) is 30.7 Å². The van der Waals surface area contributed by atoms with Crippen molar-refractivity contribution in [3.05, 3.63) is 66.9 Å². The molecule has 1 N–H and O–H groups in total. The zero-order valence-corrected chi connectivity index (χ0v) is 17.6. The first-order valence-corrected chi connectivity index (χ1v) is 10.1. The van der Waals surface area contributed by atoms with Crippen LogP contribution < -0.4 is 14.8 Å². The molecule has 0 fully saturated rings. The van der Waals surface area contributed by atoms with Crippen LogP contribution in [0.25, 0.3) is 33.9 Å². The highest BCUT2D eigenvalue weighted by Crippen LogP contribution is 2.42. The molecule has 0 unspecified atom stereocenters. The van der Waals surface area contributed by atoms with Gasteiger partial charge in [0.15, 0.2) is 23.0 Å². The Kier molecular flexibility index (Phi) is 5.25. The van der Waals surface area contributed by atoms with Gasteiger partial charge in [-0.25, -0.2) is 9.97 Å². The summed E-state index contributed by atoms with van der Waals surface area (Å²) >= 11 is 0. The molecule has 32 heavy (non-hydrogen) atoms. The smallest absolute Gasteiger partial charge is 0.232 e. The molecule has 0 bridgehead atoms. The lowest BCUT2D eigenvalue weighted by atomic mass is 10.1. The van der Waals surface area contributed by atoms with Gasteiger partial charge in [-0.1, -0.05) is 6.07 Å². The third-order valence-corrected chi connectivity index (χ3v) is 5.15. The number of hydrogen-bond donors (Lipinski definition) is 1. The summed E-state index contributed by atoms with van der Waals surface area (Å²) in [6.45, 7) is 0.639. The third kappa shape index (κ3) is 3.56. The van der Waals surface area contributed by atoms with E-state index in [4.69, 9.17) is 22.7 Å². The van der Waals surface area contributed by atoms with Crippen molar-refractivity contribution in [2.45, 2.75) is 6.42 Å². The summed E-state index contributed by atoms with van der Waals surface area (Å²) < 4.78 is 28.0. The van der Waals surface area contributed by atoms with Crippen molar-refractivity contribution in [3.8, 4) is 34.3 Å². The Morgan fingerprint density at radius 3 is 2.41 bits per heavy atom. The molecule has 0 amide bonds. The van der Waals surface area contributed by atoms with Gasteiger partial charge in [0.25, 0.3) is 0 Å². The van der Waals surface area contributed by atoms with E-state index in [0.29, 0.717) is 46.9 Å². The van der Waals surface area contributed by atoms with Crippen molar-refractivity contribution in [1.82, 2.24) is 9.97 Å². The van der Waals surface area contributed by atoms with Crippen LogP contribution in [-0.2, 0) is 6.42 Å². The topological polar surface area (TPSA) is 95.7 Å². The second-order valence-corrected chi connectivity index (χ2v) is 7.03. The molecule has 0 aliphatic carbocycles. The summed E-state index contributed by atoms with van der Waals surface area (Å²) in [7, 11) is 3.25. The molecule has 0 radical (unpaired) electrons. The third-order valence-electron chi connectivity index (χ3n) is 5.15. The predicted molar refractivity (Wildman–Crippen MR) is 119 cm³/mol. The van der Waals surface area contributed by atoms with Crippen LogP contribution in [0.4, 0.5) is 5.82 Å². The molecule has 0 aliphatic rings. The standard InChI is InChI=1S/C24H21N3O5/c1-28-16-8-7-15(13-19(16)29-2)9-10-25-23-21-20(17-5-3-11-30-17)22(18-6-4-12-31-18)32-24(21)27-14-26-23/h3-8,11-14H,9-10H2,1-2H3,(H,25,26,27). The Morgan fingerprint density at radius 1 is 0.906 bits per heavy atom. The molecule has 4 heterocycles. The highest BCUT2D eigenvalue weighted by Gasteiger charge is 2.25. The van der Waals surface area contributed by atoms with Crippen molar-refractivity contribution in [3.63, 3.8) is 0 Å². The molecule has 162 valence electrons. The molecule has 0 spiro atoms. The van der Waals surface area contributed by atoms with E-state index in [9.17, 15) is 0 Å². The first-order chi connectivity index (χ1) is 15.8. The fourth-order valence-electron chi connectivity index (χ4n) is 3.67. The van der Waals surface area contributed by atoms with E-state index in [1.807, 2.05) is 42.5 Å². The van der Waals surface area contributed by atoms with Gasteiger partial charge in [0.2, 0.25) is 5.71 Å². The number of anilines is 1. The Labute approximate surface area is 183 Å². The molecule has 8 heteroatoms. The highest BCUT2D eigenvalue weighted by atomic mass is 16.5. The van der Waals surface area contributed by atoms with E-state index in [2.05, 4.69) is 15.3 Å². The van der Waals surface area contributed by atoms with Crippen molar-refractivity contribution in [2.75, 3.05) is 26.1 Å². The largest absolute Gasteiger partial charge is 0.493 e. The van der Waals surface area contributed by atoms with Crippen LogP contribution in [0.2, 0.25) is 0 Å². The summed E-state index contributed by atoms with van der Waals surface area (Å²) in [5.41, 5.74) is 2.30. The number of benzene rings is 1. The lowest BCUT2D eigenvalue weighted by Crippen LogP contribution is -2.07. The van der Waals surface area contributed by atoms with Crippen LogP contribution in [0, 0.1) is 0 Å². The highest BCUT2D eigenvalue weighted by molar-refractivity contribution is 6.04. The van der Waals surface area contributed by atoms with Gasteiger partial charge in [-0.3, -0.25) is 0 Å². The Morgan fingerprint density at radius 2 is 1.69 bits per heavy atom. The normalized spacial score (nSPS) is 11.1. The molecule has 5 aromatic rings. The van der Waals surface area contributed by atoms with E-state index in [1.54, 1.807) is 26.7 Å². The molecule has 0 saturated carbocycles. The Balaban J connectivity index is 1.47. The van der Waals surface area contributed by atoms with Gasteiger partial charge < -0.3 is 28.0 Å². The Bertz CT molecular complexity index is 1320. The molecule has 0 atom stereocenters. The number of aromatic nitrogens is 2. The number of methoxy groups -OCH3 is 2. The molecule has 8 nitrogen and oxygen atoms in total. The second kappa shape index (κ2) is 8.50. The van der Waals surface area contributed by atoms with Crippen molar-refractivity contribution in [1.29, 1.82) is 0 Å². The number of hydrogen-bond acceptors (Lipinski definition) is 8. The van der Waals surface area contributed by atoms with Crippen molar-refractivity contribution < 1.29 is 22.7 Å². The minimum atomic E-state index is 0.450. The fraction of sp³-hybridized carbons (Fsp3) is 0.167. The number of ether oxygens (including phenoxy) is 2. The van der Waals surface area contributed by atoms with E-state index in [-0.39, 0.29) is 0 Å². The minimum absolute atomic E-state index is 0.450. The number of fused-ring (bicyclic) bond motifs is 1. The summed E-state index contributed by atoms with van der Waals surface area (Å²) in [4.78, 5) is 8.78. The van der Waals surface area contributed by atoms with E-state index in [1.165, 1.54) is 6.33 Å². The lowest BCUT2D eigenvalue weighted by molar-refractivity contribution is 0.354. The summed E-state index contributed by atoms with van der Waals surface area (Å²) in [5.74, 6) is 3.84. The average molecular weight is 431 g/mol. The number of rotatable bonds is 8. The predicted octanol–water partition coefficient (Wildman–Crippen LogP) is 5.41. The van der Waals surface area contributed by atoms with Gasteiger partial charge in [-0.2, -0.15) is 0 Å². The van der Waals surface area contributed by atoms with Crippen LogP contribution >= 0.6 is 0 Å². The van der Waals surface area contributed by atoms with Gasteiger partial charge in [-0.15, -0.1) is 0 Å². The van der Waals surface area contributed by atoms with Gasteiger partial charge >= 0.3 is 0 Å². The van der Waals surface area contributed by atoms with Crippen LogP contribution in [0.3, 0.4) is 0 Å². The monoisotopic (exact) mass is 431 g/mol. The van der Waals surface area contributed by atoms with Gasteiger partial charge in [0, 0.05) is 6.54 Å². The number of nitrogens with zero attached hydrogens (tertiary/aromatic N) is 2. The molecule has 5 rings (SSSR count). The Hall–Kier alpha value is -4.20. The zero-order valence-electron chi connectivity index (χ0n) is 17.6. The fourth-order valence-corrected chi connectivity index (χ4v) is 3.67. The quantitative estimate of drug-likeness (QED) is 0.348. The molecule has 0 aliphatic heterocycles. The second-order valence-electron chi connectivity index (χ2n) is 7.03. The van der Waals surface area contributed by atoms with E-state index >= 15 is 0 Å². The first-order valence-electron chi connectivity index (χ1n) is 10.1. The molecular formula is C24H21N3O5. The molecule has 4 aromatic heterocycles. The summed E-state index contributed by atoms with van der Waals surface area (Å²) in [6.07, 6.45) is 5.45. The van der Waals surface area contributed by atoms with E-state index < -0.39 is 0 Å². The van der Waals surface area contributed by atoms with Crippen LogP contribution in [0.5, 0.6) is 11.5 Å². The average Bonchev–Trinajstić information content (AvgIpc) is 3.59. The molecule has 0 saturated heterocycles. The van der Waals surface area contributed by atoms with Gasteiger partial charge in [-0.05, 0) is 48.4 Å². The molecular weight excluding hydrogens is 410 g/mol. The van der Waals surface area contributed by atoms with Gasteiger partial charge in [0.1, 0.15) is 17.9 Å². The maximum absolute atomic E-state index is 6.05. The van der Waals surface area contributed by atoms with Crippen LogP contribution in [0.1, 0.15) is 5.56 Å². The maximum Gasteiger partial charge on any atom is 0.232 e. The number of nitrogens with one attached hydrogen (secondary N) is 1. The summed E-state index contributed by atoms with van der Waals surface area (Å²) in [5, 5.41) is 4.14. The van der Waals surface area contributed by atoms with Crippen LogP contribution in [0.15, 0.2) is 74.6 Å². The SMILES string of the molecule is COc1ccc(CCNc2ncnc3oc(-c4ccco4)c(-c4ccco4)c23)cc1OC. The first kappa shape index (κ1) is 19.7. The van der Waals surface area contributed by atoms with Crippen molar-refractivity contribution >= 4 is 16.9 Å².